The van der Waals surface area contributed by atoms with Gasteiger partial charge in [-0.25, -0.2) is 0 Å². The maximum absolute atomic E-state index is 6.43. The van der Waals surface area contributed by atoms with Crippen LogP contribution >= 0.6 is 11.6 Å². The lowest BCUT2D eigenvalue weighted by Crippen LogP contribution is -2.37. The summed E-state index contributed by atoms with van der Waals surface area (Å²) in [5.41, 5.74) is 8.56. The number of anilines is 1. The molecule has 3 nitrogen and oxygen atoms in total. The Morgan fingerprint density at radius 2 is 2.24 bits per heavy atom. The van der Waals surface area contributed by atoms with Crippen molar-refractivity contribution in [2.75, 3.05) is 32.1 Å². The Morgan fingerprint density at radius 3 is 2.86 bits per heavy atom. The summed E-state index contributed by atoms with van der Waals surface area (Å²) in [7, 11) is 4.39. The van der Waals surface area contributed by atoms with Crippen molar-refractivity contribution in [2.45, 2.75) is 44.7 Å². The molecule has 1 fully saturated rings. The summed E-state index contributed by atoms with van der Waals surface area (Å²) in [6.07, 6.45) is 4.40. The standard InChI is InChI=1S/C17H28ClN3/c1-4-13(19)11-15-16(18)8-5-9-17(15)21(3)12-14-7-6-10-20(14)2/h5,8-9,13-14H,4,6-7,10-12,19H2,1-3H3. The fourth-order valence-electron chi connectivity index (χ4n) is 3.14. The maximum atomic E-state index is 6.43. The smallest absolute Gasteiger partial charge is 0.0459 e. The number of nitrogens with two attached hydrogens (primary N) is 1. The Kier molecular flexibility index (Phi) is 5.91. The predicted octanol–water partition coefficient (Wildman–Crippen LogP) is 3.15. The van der Waals surface area contributed by atoms with E-state index < -0.39 is 0 Å². The Labute approximate surface area is 134 Å². The van der Waals surface area contributed by atoms with Crippen molar-refractivity contribution < 1.29 is 0 Å². The molecule has 1 heterocycles. The summed E-state index contributed by atoms with van der Waals surface area (Å²) in [6, 6.07) is 6.98. The Bertz CT molecular complexity index is 463. The van der Waals surface area contributed by atoms with Gasteiger partial charge in [-0.15, -0.1) is 0 Å². The lowest BCUT2D eigenvalue weighted by molar-refractivity contribution is 0.314. The number of hydrogen-bond acceptors (Lipinski definition) is 3. The van der Waals surface area contributed by atoms with Gasteiger partial charge in [-0.3, -0.25) is 0 Å². The molecule has 1 aliphatic heterocycles. The second-order valence-electron chi connectivity index (χ2n) is 6.27. The number of likely N-dealkylation sites (N-methyl/N-ethyl adjacent to an activating group) is 2. The Morgan fingerprint density at radius 1 is 1.48 bits per heavy atom. The summed E-state index contributed by atoms with van der Waals surface area (Å²) in [6.45, 7) is 4.38. The van der Waals surface area contributed by atoms with Gasteiger partial charge in [0.05, 0.1) is 0 Å². The van der Waals surface area contributed by atoms with Crippen molar-refractivity contribution in [2.24, 2.45) is 5.73 Å². The van der Waals surface area contributed by atoms with Crippen LogP contribution in [0.5, 0.6) is 0 Å². The maximum Gasteiger partial charge on any atom is 0.0459 e. The van der Waals surface area contributed by atoms with Crippen molar-refractivity contribution in [3.05, 3.63) is 28.8 Å². The average molecular weight is 310 g/mol. The highest BCUT2D eigenvalue weighted by Gasteiger charge is 2.23. The predicted molar refractivity (Wildman–Crippen MR) is 92.3 cm³/mol. The second-order valence-corrected chi connectivity index (χ2v) is 6.67. The van der Waals surface area contributed by atoms with Crippen molar-refractivity contribution >= 4 is 17.3 Å². The molecule has 0 amide bonds. The first-order chi connectivity index (χ1) is 10.0. The average Bonchev–Trinajstić information content (AvgIpc) is 2.86. The number of halogens is 1. The summed E-state index contributed by atoms with van der Waals surface area (Å²) in [5.74, 6) is 0. The molecule has 2 N–H and O–H groups in total. The molecular formula is C17H28ClN3. The largest absolute Gasteiger partial charge is 0.373 e. The topological polar surface area (TPSA) is 32.5 Å². The Balaban J connectivity index is 2.15. The molecule has 2 unspecified atom stereocenters. The molecule has 0 spiro atoms. The lowest BCUT2D eigenvalue weighted by Gasteiger charge is -2.29. The summed E-state index contributed by atoms with van der Waals surface area (Å²) in [5, 5.41) is 0.836. The minimum Gasteiger partial charge on any atom is -0.373 e. The zero-order chi connectivity index (χ0) is 15.4. The number of nitrogens with zero attached hydrogens (tertiary/aromatic N) is 2. The molecule has 118 valence electrons. The summed E-state index contributed by atoms with van der Waals surface area (Å²) in [4.78, 5) is 4.80. The van der Waals surface area contributed by atoms with Crippen LogP contribution in [0.1, 0.15) is 31.7 Å². The highest BCUT2D eigenvalue weighted by molar-refractivity contribution is 6.31. The minimum atomic E-state index is 0.172. The van der Waals surface area contributed by atoms with Crippen LogP contribution in [0.15, 0.2) is 18.2 Å². The molecule has 1 aromatic carbocycles. The normalized spacial score (nSPS) is 20.7. The first kappa shape index (κ1) is 16.6. The van der Waals surface area contributed by atoms with Gasteiger partial charge < -0.3 is 15.5 Å². The van der Waals surface area contributed by atoms with Gasteiger partial charge in [0.2, 0.25) is 0 Å². The van der Waals surface area contributed by atoms with Crippen LogP contribution in [0.2, 0.25) is 5.02 Å². The van der Waals surface area contributed by atoms with Gasteiger partial charge in [0.1, 0.15) is 0 Å². The summed E-state index contributed by atoms with van der Waals surface area (Å²) >= 11 is 6.43. The Hall–Kier alpha value is -0.770. The number of rotatable bonds is 6. The van der Waals surface area contributed by atoms with E-state index in [-0.39, 0.29) is 6.04 Å². The van der Waals surface area contributed by atoms with Gasteiger partial charge in [-0.2, -0.15) is 0 Å². The molecule has 2 atom stereocenters. The molecule has 0 radical (unpaired) electrons. The van der Waals surface area contributed by atoms with Crippen molar-refractivity contribution in [1.82, 2.24) is 4.90 Å². The lowest BCUT2D eigenvalue weighted by atomic mass is 10.0. The zero-order valence-electron chi connectivity index (χ0n) is 13.5. The van der Waals surface area contributed by atoms with E-state index in [1.54, 1.807) is 0 Å². The van der Waals surface area contributed by atoms with E-state index in [9.17, 15) is 0 Å². The molecule has 0 bridgehead atoms. The van der Waals surface area contributed by atoms with Gasteiger partial charge in [-0.05, 0) is 57.0 Å². The van der Waals surface area contributed by atoms with Crippen molar-refractivity contribution in [3.8, 4) is 0 Å². The fourth-order valence-corrected chi connectivity index (χ4v) is 3.38. The first-order valence-electron chi connectivity index (χ1n) is 7.97. The monoisotopic (exact) mass is 309 g/mol. The molecule has 0 aliphatic carbocycles. The molecule has 21 heavy (non-hydrogen) atoms. The first-order valence-corrected chi connectivity index (χ1v) is 8.35. The van der Waals surface area contributed by atoms with Gasteiger partial charge in [0, 0.05) is 36.4 Å². The van der Waals surface area contributed by atoms with E-state index in [1.165, 1.54) is 30.6 Å². The zero-order valence-corrected chi connectivity index (χ0v) is 14.2. The minimum absolute atomic E-state index is 0.172. The van der Waals surface area contributed by atoms with Gasteiger partial charge in [-0.1, -0.05) is 24.6 Å². The SMILES string of the molecule is CCC(N)Cc1c(Cl)cccc1N(C)CC1CCCN1C. The molecule has 0 saturated carbocycles. The fraction of sp³-hybridized carbons (Fsp3) is 0.647. The van der Waals surface area contributed by atoms with Crippen LogP contribution in [-0.2, 0) is 6.42 Å². The summed E-state index contributed by atoms with van der Waals surface area (Å²) < 4.78 is 0. The van der Waals surface area contributed by atoms with Gasteiger partial charge in [0.15, 0.2) is 0 Å². The van der Waals surface area contributed by atoms with Crippen LogP contribution in [0.4, 0.5) is 5.69 Å². The van der Waals surface area contributed by atoms with Crippen LogP contribution in [0.3, 0.4) is 0 Å². The third-order valence-corrected chi connectivity index (χ3v) is 5.01. The van der Waals surface area contributed by atoms with Crippen LogP contribution in [-0.4, -0.2) is 44.2 Å². The van der Waals surface area contributed by atoms with Crippen molar-refractivity contribution in [3.63, 3.8) is 0 Å². The third-order valence-electron chi connectivity index (χ3n) is 4.65. The van der Waals surface area contributed by atoms with Crippen LogP contribution in [0, 0.1) is 0 Å². The van der Waals surface area contributed by atoms with E-state index >= 15 is 0 Å². The molecule has 1 aromatic rings. The number of hydrogen-bond donors (Lipinski definition) is 1. The van der Waals surface area contributed by atoms with E-state index in [0.717, 1.165) is 24.4 Å². The number of likely N-dealkylation sites (tertiary alicyclic amines) is 1. The van der Waals surface area contributed by atoms with Gasteiger partial charge in [0.25, 0.3) is 0 Å². The van der Waals surface area contributed by atoms with E-state index in [4.69, 9.17) is 17.3 Å². The highest BCUT2D eigenvalue weighted by Crippen LogP contribution is 2.29. The highest BCUT2D eigenvalue weighted by atomic mass is 35.5. The molecule has 2 rings (SSSR count). The number of benzene rings is 1. The van der Waals surface area contributed by atoms with Crippen molar-refractivity contribution in [1.29, 1.82) is 0 Å². The van der Waals surface area contributed by atoms with Gasteiger partial charge >= 0.3 is 0 Å². The molecule has 0 aromatic heterocycles. The van der Waals surface area contributed by atoms with E-state index in [1.807, 2.05) is 12.1 Å². The molecule has 4 heteroatoms. The quantitative estimate of drug-likeness (QED) is 0.876. The van der Waals surface area contributed by atoms with Crippen LogP contribution < -0.4 is 10.6 Å². The van der Waals surface area contributed by atoms with E-state index in [2.05, 4.69) is 36.9 Å². The van der Waals surface area contributed by atoms with Crippen LogP contribution in [0.25, 0.3) is 0 Å². The molecule has 1 aliphatic rings. The van der Waals surface area contributed by atoms with E-state index in [0.29, 0.717) is 6.04 Å². The molecule has 1 saturated heterocycles. The second kappa shape index (κ2) is 7.48. The third kappa shape index (κ3) is 4.12. The molecular weight excluding hydrogens is 282 g/mol.